The SMILES string of the molecule is C=C1C=CC(n2ccc(=O)[nH]c2=O)OC1COC(c1ccccc1)(c1ccccc1)c1ccccc1. The van der Waals surface area contributed by atoms with Crippen molar-refractivity contribution in [2.45, 2.75) is 17.9 Å². The maximum atomic E-state index is 12.3. The fourth-order valence-corrected chi connectivity index (χ4v) is 4.52. The van der Waals surface area contributed by atoms with Gasteiger partial charge >= 0.3 is 5.69 Å². The van der Waals surface area contributed by atoms with Crippen LogP contribution in [0.25, 0.3) is 0 Å². The summed E-state index contributed by atoms with van der Waals surface area (Å²) >= 11 is 0. The van der Waals surface area contributed by atoms with Gasteiger partial charge in [-0.25, -0.2) is 4.79 Å². The number of aromatic amines is 1. The molecule has 1 aromatic heterocycles. The monoisotopic (exact) mass is 478 g/mol. The molecule has 1 aliphatic heterocycles. The molecule has 0 bridgehead atoms. The van der Waals surface area contributed by atoms with Gasteiger partial charge in [0.05, 0.1) is 6.61 Å². The van der Waals surface area contributed by atoms with Gasteiger partial charge in [0.1, 0.15) is 11.7 Å². The average Bonchev–Trinajstić information content (AvgIpc) is 2.92. The molecular weight excluding hydrogens is 452 g/mol. The van der Waals surface area contributed by atoms with Crippen molar-refractivity contribution in [3.8, 4) is 0 Å². The first kappa shape index (κ1) is 23.5. The molecule has 0 fully saturated rings. The number of hydrogen-bond donors (Lipinski definition) is 1. The lowest BCUT2D eigenvalue weighted by molar-refractivity contribution is -0.0856. The van der Waals surface area contributed by atoms with Gasteiger partial charge in [-0.05, 0) is 28.3 Å². The number of aromatic nitrogens is 2. The molecule has 0 saturated carbocycles. The smallest absolute Gasteiger partial charge is 0.330 e. The zero-order valence-corrected chi connectivity index (χ0v) is 19.6. The van der Waals surface area contributed by atoms with Gasteiger partial charge in [-0.15, -0.1) is 0 Å². The second kappa shape index (κ2) is 10.2. The highest BCUT2D eigenvalue weighted by Gasteiger charge is 2.39. The summed E-state index contributed by atoms with van der Waals surface area (Å²) in [5.74, 6) is 0. The molecule has 0 aliphatic carbocycles. The zero-order valence-electron chi connectivity index (χ0n) is 19.6. The van der Waals surface area contributed by atoms with E-state index in [1.807, 2.05) is 60.7 Å². The predicted molar refractivity (Wildman–Crippen MR) is 139 cm³/mol. The van der Waals surface area contributed by atoms with Crippen molar-refractivity contribution in [1.29, 1.82) is 0 Å². The summed E-state index contributed by atoms with van der Waals surface area (Å²) in [4.78, 5) is 26.1. The number of rotatable bonds is 7. The van der Waals surface area contributed by atoms with Crippen LogP contribution in [0.15, 0.2) is 137 Å². The van der Waals surface area contributed by atoms with Crippen molar-refractivity contribution in [3.05, 3.63) is 165 Å². The van der Waals surface area contributed by atoms with Crippen LogP contribution in [0.5, 0.6) is 0 Å². The molecule has 5 rings (SSSR count). The number of nitrogens with zero attached hydrogens (tertiary/aromatic N) is 1. The van der Waals surface area contributed by atoms with Crippen molar-refractivity contribution in [3.63, 3.8) is 0 Å². The summed E-state index contributed by atoms with van der Waals surface area (Å²) in [7, 11) is 0. The van der Waals surface area contributed by atoms with Crippen molar-refractivity contribution >= 4 is 0 Å². The Kier molecular flexibility index (Phi) is 6.62. The van der Waals surface area contributed by atoms with Gasteiger partial charge in [0.2, 0.25) is 0 Å². The van der Waals surface area contributed by atoms with Gasteiger partial charge in [-0.2, -0.15) is 0 Å². The molecular formula is C30H26N2O4. The molecule has 1 aliphatic rings. The fraction of sp³-hybridized carbons (Fsp3) is 0.133. The Morgan fingerprint density at radius 3 is 1.86 bits per heavy atom. The van der Waals surface area contributed by atoms with E-state index in [9.17, 15) is 9.59 Å². The number of ether oxygens (including phenoxy) is 2. The summed E-state index contributed by atoms with van der Waals surface area (Å²) in [6.45, 7) is 4.32. The molecule has 2 unspecified atom stereocenters. The molecule has 4 aromatic rings. The van der Waals surface area contributed by atoms with E-state index in [-0.39, 0.29) is 6.61 Å². The van der Waals surface area contributed by atoms with Crippen molar-refractivity contribution in [2.24, 2.45) is 0 Å². The Bertz CT molecular complexity index is 1380. The number of hydrogen-bond acceptors (Lipinski definition) is 4. The van der Waals surface area contributed by atoms with Gasteiger partial charge < -0.3 is 9.47 Å². The summed E-state index contributed by atoms with van der Waals surface area (Å²) in [6, 6.07) is 31.5. The highest BCUT2D eigenvalue weighted by molar-refractivity contribution is 5.47. The highest BCUT2D eigenvalue weighted by atomic mass is 16.6. The molecule has 2 atom stereocenters. The Labute approximate surface area is 208 Å². The van der Waals surface area contributed by atoms with Crippen LogP contribution in [0.1, 0.15) is 22.9 Å². The number of benzene rings is 3. The van der Waals surface area contributed by atoms with E-state index < -0.39 is 29.2 Å². The molecule has 2 heterocycles. The van der Waals surface area contributed by atoms with E-state index >= 15 is 0 Å². The van der Waals surface area contributed by atoms with Crippen molar-refractivity contribution < 1.29 is 9.47 Å². The first-order valence-electron chi connectivity index (χ1n) is 11.7. The topological polar surface area (TPSA) is 73.3 Å². The first-order valence-corrected chi connectivity index (χ1v) is 11.7. The lowest BCUT2D eigenvalue weighted by Gasteiger charge is -2.38. The number of H-pyrrole nitrogens is 1. The first-order chi connectivity index (χ1) is 17.6. The minimum Gasteiger partial charge on any atom is -0.358 e. The van der Waals surface area contributed by atoms with E-state index in [1.165, 1.54) is 16.8 Å². The minimum absolute atomic E-state index is 0.177. The van der Waals surface area contributed by atoms with Crippen LogP contribution in [0, 0.1) is 0 Å². The highest BCUT2D eigenvalue weighted by Crippen LogP contribution is 2.41. The Morgan fingerprint density at radius 1 is 0.833 bits per heavy atom. The molecule has 6 heteroatoms. The molecule has 1 N–H and O–H groups in total. The van der Waals surface area contributed by atoms with E-state index in [2.05, 4.69) is 48.0 Å². The molecule has 6 nitrogen and oxygen atoms in total. The summed E-state index contributed by atoms with van der Waals surface area (Å²) in [6.07, 6.45) is 3.76. The summed E-state index contributed by atoms with van der Waals surface area (Å²) in [5.41, 5.74) is 1.76. The normalized spacial score (nSPS) is 17.7. The van der Waals surface area contributed by atoms with Crippen LogP contribution in [-0.2, 0) is 15.1 Å². The van der Waals surface area contributed by atoms with Crippen LogP contribution >= 0.6 is 0 Å². The Balaban J connectivity index is 1.53. The molecule has 0 spiro atoms. The summed E-state index contributed by atoms with van der Waals surface area (Å²) < 4.78 is 14.4. The maximum Gasteiger partial charge on any atom is 0.330 e. The van der Waals surface area contributed by atoms with Crippen LogP contribution < -0.4 is 11.2 Å². The Morgan fingerprint density at radius 2 is 1.36 bits per heavy atom. The second-order valence-corrected chi connectivity index (χ2v) is 8.56. The zero-order chi connectivity index (χ0) is 25.0. The third-order valence-electron chi connectivity index (χ3n) is 6.31. The third kappa shape index (κ3) is 4.52. The third-order valence-corrected chi connectivity index (χ3v) is 6.31. The largest absolute Gasteiger partial charge is 0.358 e. The molecule has 0 amide bonds. The molecule has 180 valence electrons. The van der Waals surface area contributed by atoms with Crippen molar-refractivity contribution in [1.82, 2.24) is 9.55 Å². The molecule has 0 saturated heterocycles. The standard InChI is InChI=1S/C30H26N2O4/c1-22-17-18-28(32-20-19-27(33)31-29(32)34)36-26(22)21-35-30(23-11-5-2-6-12-23,24-13-7-3-8-14-24)25-15-9-4-10-16-25/h2-20,26,28H,1,21H2,(H,31,33,34). The number of nitrogens with one attached hydrogen (secondary N) is 1. The van der Waals surface area contributed by atoms with Crippen LogP contribution in [-0.4, -0.2) is 22.3 Å². The predicted octanol–water partition coefficient (Wildman–Crippen LogP) is 4.56. The lowest BCUT2D eigenvalue weighted by Crippen LogP contribution is -2.39. The van der Waals surface area contributed by atoms with Crippen LogP contribution in [0.4, 0.5) is 0 Å². The van der Waals surface area contributed by atoms with E-state index in [0.717, 1.165) is 22.3 Å². The minimum atomic E-state index is -0.904. The van der Waals surface area contributed by atoms with Gasteiger partial charge in [-0.3, -0.25) is 14.3 Å². The van der Waals surface area contributed by atoms with Crippen LogP contribution in [0.3, 0.4) is 0 Å². The van der Waals surface area contributed by atoms with Gasteiger partial charge in [-0.1, -0.05) is 104 Å². The molecule has 3 aromatic carbocycles. The lowest BCUT2D eigenvalue weighted by atomic mass is 9.80. The fourth-order valence-electron chi connectivity index (χ4n) is 4.52. The van der Waals surface area contributed by atoms with E-state index in [1.54, 1.807) is 6.08 Å². The quantitative estimate of drug-likeness (QED) is 0.396. The van der Waals surface area contributed by atoms with Gasteiger partial charge in [0, 0.05) is 12.3 Å². The van der Waals surface area contributed by atoms with E-state index in [0.29, 0.717) is 0 Å². The van der Waals surface area contributed by atoms with E-state index in [4.69, 9.17) is 9.47 Å². The Hall–Kier alpha value is -4.26. The maximum absolute atomic E-state index is 12.3. The molecule has 0 radical (unpaired) electrons. The van der Waals surface area contributed by atoms with Crippen molar-refractivity contribution in [2.75, 3.05) is 6.61 Å². The molecule has 36 heavy (non-hydrogen) atoms. The second-order valence-electron chi connectivity index (χ2n) is 8.56. The summed E-state index contributed by atoms with van der Waals surface area (Å²) in [5, 5.41) is 0. The van der Waals surface area contributed by atoms with Gasteiger partial charge in [0.25, 0.3) is 5.56 Å². The van der Waals surface area contributed by atoms with Gasteiger partial charge in [0.15, 0.2) is 6.23 Å². The van der Waals surface area contributed by atoms with Crippen LogP contribution in [0.2, 0.25) is 0 Å². The average molecular weight is 479 g/mol.